The summed E-state index contributed by atoms with van der Waals surface area (Å²) in [5, 5.41) is 16.7. The van der Waals surface area contributed by atoms with Crippen LogP contribution in [0.4, 0.5) is 24.5 Å². The maximum atomic E-state index is 12.5. The number of anilines is 2. The van der Waals surface area contributed by atoms with E-state index in [1.165, 1.54) is 12.1 Å². The quantitative estimate of drug-likeness (QED) is 0.583. The molecule has 1 aliphatic heterocycles. The van der Waals surface area contributed by atoms with E-state index in [0.717, 1.165) is 5.56 Å². The second-order valence-electron chi connectivity index (χ2n) is 6.86. The highest BCUT2D eigenvalue weighted by molar-refractivity contribution is 7.92. The lowest BCUT2D eigenvalue weighted by Gasteiger charge is -2.30. The van der Waals surface area contributed by atoms with E-state index in [2.05, 4.69) is 4.72 Å². The van der Waals surface area contributed by atoms with Crippen LogP contribution in [-0.4, -0.2) is 63.0 Å². The largest absolute Gasteiger partial charge is 0.490 e. The minimum atomic E-state index is -5.08. The van der Waals surface area contributed by atoms with E-state index < -0.39 is 28.1 Å². The van der Waals surface area contributed by atoms with Gasteiger partial charge in [0.1, 0.15) is 0 Å². The zero-order valence-corrected chi connectivity index (χ0v) is 18.1. The summed E-state index contributed by atoms with van der Waals surface area (Å²) in [4.78, 5) is 22.6. The average molecular weight is 490 g/mol. The zero-order chi connectivity index (χ0) is 24.8. The van der Waals surface area contributed by atoms with Gasteiger partial charge in [-0.2, -0.15) is 13.2 Å². The Kier molecular flexibility index (Phi) is 8.28. The van der Waals surface area contributed by atoms with Gasteiger partial charge in [-0.3, -0.25) is 4.72 Å². The number of carboxylic acid groups (broad SMARTS) is 2. The first kappa shape index (κ1) is 25.9. The Bertz CT molecular complexity index is 1110. The fourth-order valence-electron chi connectivity index (χ4n) is 2.85. The summed E-state index contributed by atoms with van der Waals surface area (Å²) < 4.78 is 64.6. The maximum Gasteiger partial charge on any atom is 0.490 e. The first-order chi connectivity index (χ1) is 15.3. The molecule has 0 atom stereocenters. The van der Waals surface area contributed by atoms with Gasteiger partial charge in [0.15, 0.2) is 0 Å². The van der Waals surface area contributed by atoms with Gasteiger partial charge in [-0.25, -0.2) is 18.0 Å². The minimum Gasteiger partial charge on any atom is -0.478 e. The second-order valence-corrected chi connectivity index (χ2v) is 8.54. The molecule has 0 bridgehead atoms. The fourth-order valence-corrected chi connectivity index (χ4v) is 4.00. The molecule has 3 N–H and O–H groups in total. The van der Waals surface area contributed by atoms with Crippen molar-refractivity contribution in [3.8, 4) is 0 Å². The minimum absolute atomic E-state index is 0.0522. The monoisotopic (exact) mass is 490 g/mol. The zero-order valence-electron chi connectivity index (χ0n) is 17.3. The molecule has 3 rings (SSSR count). The lowest BCUT2D eigenvalue weighted by atomic mass is 10.1. The van der Waals surface area contributed by atoms with Crippen LogP contribution in [0.25, 0.3) is 0 Å². The van der Waals surface area contributed by atoms with Crippen LogP contribution in [0.1, 0.15) is 15.9 Å². The predicted molar refractivity (Wildman–Crippen MR) is 112 cm³/mol. The highest BCUT2D eigenvalue weighted by Crippen LogP contribution is 2.27. The van der Waals surface area contributed by atoms with E-state index >= 15 is 0 Å². The molecule has 0 radical (unpaired) electrons. The van der Waals surface area contributed by atoms with Crippen molar-refractivity contribution >= 4 is 33.3 Å². The first-order valence-electron chi connectivity index (χ1n) is 9.41. The number of benzene rings is 2. The third-order valence-corrected chi connectivity index (χ3v) is 5.75. The summed E-state index contributed by atoms with van der Waals surface area (Å²) >= 11 is 0. The van der Waals surface area contributed by atoms with Crippen LogP contribution in [0.15, 0.2) is 47.4 Å². The number of aliphatic carboxylic acids is 1. The van der Waals surface area contributed by atoms with E-state index in [9.17, 15) is 31.5 Å². The molecule has 0 amide bonds. The SMILES string of the molecule is Cc1cccc(S(=O)(=O)Nc2ccc(N3CCOCC3)c(C(=O)O)c2)c1.O=C(O)C(F)(F)F. The smallest absolute Gasteiger partial charge is 0.478 e. The number of hydrogen-bond donors (Lipinski definition) is 3. The molecule has 1 heterocycles. The van der Waals surface area contributed by atoms with Gasteiger partial charge in [-0.1, -0.05) is 12.1 Å². The molecule has 9 nitrogen and oxygen atoms in total. The third kappa shape index (κ3) is 7.36. The normalized spacial score (nSPS) is 14.1. The van der Waals surface area contributed by atoms with Crippen LogP contribution in [0.2, 0.25) is 0 Å². The molecule has 13 heteroatoms. The Morgan fingerprint density at radius 2 is 1.67 bits per heavy atom. The van der Waals surface area contributed by atoms with Gasteiger partial charge in [-0.05, 0) is 42.8 Å². The van der Waals surface area contributed by atoms with Crippen LogP contribution in [0, 0.1) is 6.92 Å². The van der Waals surface area contributed by atoms with Gasteiger partial charge in [0.05, 0.1) is 29.4 Å². The molecule has 1 saturated heterocycles. The Morgan fingerprint density at radius 3 is 2.18 bits per heavy atom. The van der Waals surface area contributed by atoms with E-state index in [4.69, 9.17) is 14.6 Å². The summed E-state index contributed by atoms with van der Waals surface area (Å²) in [6, 6.07) is 11.1. The number of rotatable bonds is 5. The fraction of sp³-hybridized carbons (Fsp3) is 0.300. The molecule has 0 unspecified atom stereocenters. The first-order valence-corrected chi connectivity index (χ1v) is 10.9. The van der Waals surface area contributed by atoms with E-state index in [-0.39, 0.29) is 16.1 Å². The number of carboxylic acids is 2. The summed E-state index contributed by atoms with van der Waals surface area (Å²) in [6.07, 6.45) is -5.08. The van der Waals surface area contributed by atoms with Crippen LogP contribution < -0.4 is 9.62 Å². The molecule has 2 aromatic rings. The number of nitrogens with zero attached hydrogens (tertiary/aromatic N) is 1. The molecule has 1 fully saturated rings. The molecule has 0 spiro atoms. The predicted octanol–water partition coefficient (Wildman–Crippen LogP) is 2.96. The van der Waals surface area contributed by atoms with Crippen LogP contribution in [-0.2, 0) is 19.6 Å². The van der Waals surface area contributed by atoms with Crippen molar-refractivity contribution in [2.45, 2.75) is 18.0 Å². The van der Waals surface area contributed by atoms with Crippen molar-refractivity contribution in [3.63, 3.8) is 0 Å². The number of aromatic carboxylic acids is 1. The van der Waals surface area contributed by atoms with E-state index in [1.807, 2.05) is 4.90 Å². The number of nitrogens with one attached hydrogen (secondary N) is 1. The molecular weight excluding hydrogens is 469 g/mol. The molecule has 0 aromatic heterocycles. The van der Waals surface area contributed by atoms with E-state index in [1.54, 1.807) is 37.3 Å². The Balaban J connectivity index is 0.000000479. The molecule has 1 aliphatic rings. The summed E-state index contributed by atoms with van der Waals surface area (Å²) in [6.45, 7) is 4.05. The van der Waals surface area contributed by atoms with Crippen LogP contribution in [0.3, 0.4) is 0 Å². The third-order valence-electron chi connectivity index (χ3n) is 4.37. The number of aryl methyl sites for hydroxylation is 1. The van der Waals surface area contributed by atoms with Crippen LogP contribution in [0.5, 0.6) is 0 Å². The standard InChI is InChI=1S/C18H20N2O5S.C2HF3O2/c1-13-3-2-4-15(11-13)26(23,24)19-14-5-6-17(16(12-14)18(21)22)20-7-9-25-10-8-20;3-2(4,5)1(6)7/h2-6,11-12,19H,7-10H2,1H3,(H,21,22);(H,6,7). The lowest BCUT2D eigenvalue weighted by molar-refractivity contribution is -0.192. The van der Waals surface area contributed by atoms with Gasteiger partial charge in [0, 0.05) is 18.8 Å². The number of halogens is 3. The van der Waals surface area contributed by atoms with Crippen molar-refractivity contribution in [2.24, 2.45) is 0 Å². The Morgan fingerprint density at radius 1 is 1.06 bits per heavy atom. The molecule has 0 saturated carbocycles. The van der Waals surface area contributed by atoms with Crippen molar-refractivity contribution in [3.05, 3.63) is 53.6 Å². The highest BCUT2D eigenvalue weighted by Gasteiger charge is 2.38. The average Bonchev–Trinajstić information content (AvgIpc) is 2.74. The van der Waals surface area contributed by atoms with Crippen molar-refractivity contribution in [2.75, 3.05) is 35.9 Å². The number of alkyl halides is 3. The number of ether oxygens (including phenoxy) is 1. The number of carbonyl (C=O) groups is 2. The van der Waals surface area contributed by atoms with Gasteiger partial charge >= 0.3 is 18.1 Å². The number of hydrogen-bond acceptors (Lipinski definition) is 6. The van der Waals surface area contributed by atoms with Crippen molar-refractivity contribution < 1.29 is 46.1 Å². The summed E-state index contributed by atoms with van der Waals surface area (Å²) in [5.74, 6) is -3.87. The maximum absolute atomic E-state index is 12.5. The molecule has 180 valence electrons. The molecular formula is C20H21F3N2O7S. The molecule has 2 aromatic carbocycles. The number of morpholine rings is 1. The van der Waals surface area contributed by atoms with Gasteiger partial charge in [-0.15, -0.1) is 0 Å². The summed E-state index contributed by atoms with van der Waals surface area (Å²) in [7, 11) is -3.79. The second kappa shape index (κ2) is 10.5. The Hall–Kier alpha value is -3.32. The summed E-state index contributed by atoms with van der Waals surface area (Å²) in [5.41, 5.74) is 1.64. The topological polar surface area (TPSA) is 133 Å². The molecule has 0 aliphatic carbocycles. The van der Waals surface area contributed by atoms with Crippen LogP contribution >= 0.6 is 0 Å². The highest BCUT2D eigenvalue weighted by atomic mass is 32.2. The van der Waals surface area contributed by atoms with Gasteiger partial charge in [0.25, 0.3) is 10.0 Å². The van der Waals surface area contributed by atoms with Crippen molar-refractivity contribution in [1.82, 2.24) is 0 Å². The van der Waals surface area contributed by atoms with Crippen molar-refractivity contribution in [1.29, 1.82) is 0 Å². The van der Waals surface area contributed by atoms with E-state index in [0.29, 0.717) is 32.0 Å². The Labute approximate surface area is 187 Å². The molecule has 33 heavy (non-hydrogen) atoms. The van der Waals surface area contributed by atoms with Gasteiger partial charge < -0.3 is 19.8 Å². The van der Waals surface area contributed by atoms with Gasteiger partial charge in [0.2, 0.25) is 0 Å². The number of sulfonamides is 1. The lowest BCUT2D eigenvalue weighted by Crippen LogP contribution is -2.37.